The summed E-state index contributed by atoms with van der Waals surface area (Å²) in [6.45, 7) is 0.660. The van der Waals surface area contributed by atoms with E-state index in [2.05, 4.69) is 24.3 Å². The van der Waals surface area contributed by atoms with Gasteiger partial charge < -0.3 is 0 Å². The number of hydrogen-bond acceptors (Lipinski definition) is 1. The van der Waals surface area contributed by atoms with E-state index < -0.39 is 0 Å². The fourth-order valence-electron chi connectivity index (χ4n) is 2.31. The Kier molecular flexibility index (Phi) is 4.67. The summed E-state index contributed by atoms with van der Waals surface area (Å²) in [4.78, 5) is 4.84. The molecule has 0 aliphatic rings. The van der Waals surface area contributed by atoms with Gasteiger partial charge in [0.2, 0.25) is 0 Å². The van der Waals surface area contributed by atoms with Crippen LogP contribution in [0.5, 0.6) is 0 Å². The molecule has 0 radical (unpaired) electrons. The average Bonchev–Trinajstić information content (AvgIpc) is 2.58. The second-order valence-corrected chi connectivity index (χ2v) is 5.46. The van der Waals surface area contributed by atoms with Gasteiger partial charge in [-0.15, -0.1) is 0 Å². The number of rotatable bonds is 4. The van der Waals surface area contributed by atoms with Crippen LogP contribution < -0.4 is 0 Å². The second-order valence-electron chi connectivity index (χ2n) is 5.02. The van der Waals surface area contributed by atoms with E-state index in [1.165, 1.54) is 5.56 Å². The molecular formula is C20H16ClN. The fourth-order valence-corrected chi connectivity index (χ4v) is 2.43. The first kappa shape index (κ1) is 14.6. The van der Waals surface area contributed by atoms with Gasteiger partial charge in [0.1, 0.15) is 0 Å². The molecule has 0 amide bonds. The quantitative estimate of drug-likeness (QED) is 0.574. The number of halogens is 1. The molecule has 3 rings (SSSR count). The van der Waals surface area contributed by atoms with E-state index in [1.807, 2.05) is 60.7 Å². The molecule has 3 aromatic rings. The summed E-state index contributed by atoms with van der Waals surface area (Å²) in [5.41, 5.74) is 4.37. The van der Waals surface area contributed by atoms with Gasteiger partial charge in [-0.2, -0.15) is 0 Å². The Hall–Kier alpha value is -2.38. The predicted molar refractivity (Wildman–Crippen MR) is 93.7 cm³/mol. The highest BCUT2D eigenvalue weighted by Gasteiger charge is 2.06. The van der Waals surface area contributed by atoms with Gasteiger partial charge in [0, 0.05) is 16.1 Å². The maximum absolute atomic E-state index is 6.00. The molecule has 0 atom stereocenters. The van der Waals surface area contributed by atoms with Crippen molar-refractivity contribution in [1.29, 1.82) is 0 Å². The van der Waals surface area contributed by atoms with Crippen molar-refractivity contribution in [2.75, 3.05) is 0 Å². The predicted octanol–water partition coefficient (Wildman–Crippen LogP) is 5.38. The van der Waals surface area contributed by atoms with E-state index in [1.54, 1.807) is 0 Å². The molecule has 0 saturated heterocycles. The molecule has 22 heavy (non-hydrogen) atoms. The van der Waals surface area contributed by atoms with Crippen molar-refractivity contribution in [3.63, 3.8) is 0 Å². The van der Waals surface area contributed by atoms with E-state index in [9.17, 15) is 0 Å². The molecule has 0 aromatic heterocycles. The van der Waals surface area contributed by atoms with E-state index >= 15 is 0 Å². The highest BCUT2D eigenvalue weighted by Crippen LogP contribution is 2.16. The van der Waals surface area contributed by atoms with Crippen molar-refractivity contribution in [2.24, 2.45) is 4.99 Å². The smallest absolute Gasteiger partial charge is 0.0723 e. The molecule has 108 valence electrons. The summed E-state index contributed by atoms with van der Waals surface area (Å²) in [5, 5.41) is 0.735. The first-order valence-corrected chi connectivity index (χ1v) is 7.60. The normalized spacial score (nSPS) is 11.4. The summed E-state index contributed by atoms with van der Waals surface area (Å²) in [6.07, 6.45) is 0. The van der Waals surface area contributed by atoms with Crippen molar-refractivity contribution >= 4 is 17.3 Å². The first-order valence-electron chi connectivity index (χ1n) is 7.23. The lowest BCUT2D eigenvalue weighted by molar-refractivity contribution is 1.07. The number of hydrogen-bond donors (Lipinski definition) is 0. The number of nitrogens with zero attached hydrogens (tertiary/aromatic N) is 1. The second kappa shape index (κ2) is 7.06. The van der Waals surface area contributed by atoms with Crippen LogP contribution >= 0.6 is 11.6 Å². The molecule has 1 nitrogen and oxygen atoms in total. The third-order valence-corrected chi connectivity index (χ3v) is 3.68. The van der Waals surface area contributed by atoms with Crippen LogP contribution in [0.15, 0.2) is 89.9 Å². The van der Waals surface area contributed by atoms with E-state index in [-0.39, 0.29) is 0 Å². The van der Waals surface area contributed by atoms with Crippen molar-refractivity contribution in [3.8, 4) is 0 Å². The lowest BCUT2D eigenvalue weighted by Gasteiger charge is -2.08. The molecule has 0 saturated carbocycles. The molecule has 2 heteroatoms. The van der Waals surface area contributed by atoms with E-state index in [4.69, 9.17) is 16.6 Å². The zero-order chi connectivity index (χ0) is 15.2. The van der Waals surface area contributed by atoms with Gasteiger partial charge in [-0.05, 0) is 17.7 Å². The van der Waals surface area contributed by atoms with Crippen molar-refractivity contribution in [1.82, 2.24) is 0 Å². The molecule has 0 bridgehead atoms. The minimum absolute atomic E-state index is 0.660. The zero-order valence-corrected chi connectivity index (χ0v) is 12.9. The fraction of sp³-hybridized carbons (Fsp3) is 0.0500. The summed E-state index contributed by atoms with van der Waals surface area (Å²) in [7, 11) is 0. The standard InChI is InChI=1S/C20H16ClN/c21-19-13-11-18(12-14-19)20(17-9-5-2-6-10-17)22-15-16-7-3-1-4-8-16/h1-14H,15H2. The molecular weight excluding hydrogens is 290 g/mol. The first-order chi connectivity index (χ1) is 10.8. The van der Waals surface area contributed by atoms with E-state index in [0.717, 1.165) is 21.9 Å². The minimum atomic E-state index is 0.660. The summed E-state index contributed by atoms with van der Waals surface area (Å²) in [6, 6.07) is 28.3. The van der Waals surface area contributed by atoms with Crippen LogP contribution in [0.1, 0.15) is 16.7 Å². The van der Waals surface area contributed by atoms with Gasteiger partial charge in [0.05, 0.1) is 12.3 Å². The molecule has 3 aromatic carbocycles. The van der Waals surface area contributed by atoms with Gasteiger partial charge in [0.25, 0.3) is 0 Å². The van der Waals surface area contributed by atoms with Crippen LogP contribution in [0.25, 0.3) is 0 Å². The molecule has 0 heterocycles. The Bertz CT molecular complexity index is 747. The van der Waals surface area contributed by atoms with Gasteiger partial charge in [-0.1, -0.05) is 84.4 Å². The lowest BCUT2D eigenvalue weighted by Crippen LogP contribution is -2.04. The molecule has 0 unspecified atom stereocenters. The van der Waals surface area contributed by atoms with Crippen LogP contribution in [0, 0.1) is 0 Å². The van der Waals surface area contributed by atoms with Crippen LogP contribution in [-0.4, -0.2) is 5.71 Å². The summed E-state index contributed by atoms with van der Waals surface area (Å²) in [5.74, 6) is 0. The largest absolute Gasteiger partial charge is 0.279 e. The van der Waals surface area contributed by atoms with Gasteiger partial charge in [-0.25, -0.2) is 0 Å². The van der Waals surface area contributed by atoms with Crippen LogP contribution in [0.3, 0.4) is 0 Å². The van der Waals surface area contributed by atoms with Gasteiger partial charge in [0.15, 0.2) is 0 Å². The highest BCUT2D eigenvalue weighted by atomic mass is 35.5. The van der Waals surface area contributed by atoms with Crippen molar-refractivity contribution < 1.29 is 0 Å². The number of aliphatic imine (C=N–C) groups is 1. The molecule has 0 spiro atoms. The Labute approximate surface area is 135 Å². The van der Waals surface area contributed by atoms with Crippen molar-refractivity contribution in [2.45, 2.75) is 6.54 Å². The Morgan fingerprint density at radius 3 is 1.86 bits per heavy atom. The van der Waals surface area contributed by atoms with Gasteiger partial charge in [-0.3, -0.25) is 4.99 Å². The van der Waals surface area contributed by atoms with Crippen LogP contribution in [0.4, 0.5) is 0 Å². The van der Waals surface area contributed by atoms with Crippen LogP contribution in [0.2, 0.25) is 5.02 Å². The van der Waals surface area contributed by atoms with Gasteiger partial charge >= 0.3 is 0 Å². The maximum atomic E-state index is 6.00. The Balaban J connectivity index is 1.98. The maximum Gasteiger partial charge on any atom is 0.0723 e. The zero-order valence-electron chi connectivity index (χ0n) is 12.1. The summed E-state index contributed by atoms with van der Waals surface area (Å²) < 4.78 is 0. The molecule has 0 fully saturated rings. The average molecular weight is 306 g/mol. The minimum Gasteiger partial charge on any atom is -0.279 e. The molecule has 0 aliphatic heterocycles. The lowest BCUT2D eigenvalue weighted by atomic mass is 10.0. The number of benzene rings is 3. The topological polar surface area (TPSA) is 12.4 Å². The summed E-state index contributed by atoms with van der Waals surface area (Å²) >= 11 is 6.00. The third kappa shape index (κ3) is 3.63. The third-order valence-electron chi connectivity index (χ3n) is 3.43. The molecule has 0 N–H and O–H groups in total. The highest BCUT2D eigenvalue weighted by molar-refractivity contribution is 6.30. The Morgan fingerprint density at radius 1 is 0.682 bits per heavy atom. The van der Waals surface area contributed by atoms with E-state index in [0.29, 0.717) is 6.54 Å². The monoisotopic (exact) mass is 305 g/mol. The van der Waals surface area contributed by atoms with Crippen molar-refractivity contribution in [3.05, 3.63) is 107 Å². The Morgan fingerprint density at radius 2 is 1.23 bits per heavy atom. The van der Waals surface area contributed by atoms with Crippen LogP contribution in [-0.2, 0) is 6.54 Å². The molecule has 0 aliphatic carbocycles. The SMILES string of the molecule is Clc1ccc(C(=NCc2ccccc2)c2ccccc2)cc1.